The number of anilines is 1. The Morgan fingerprint density at radius 1 is 1.04 bits per heavy atom. The first-order valence-corrected chi connectivity index (χ1v) is 10.6. The fourth-order valence-electron chi connectivity index (χ4n) is 2.62. The van der Waals surface area contributed by atoms with Crippen LogP contribution in [0.1, 0.15) is 33.3 Å². The van der Waals surface area contributed by atoms with E-state index in [-0.39, 0.29) is 17.3 Å². The second-order valence-electron chi connectivity index (χ2n) is 7.55. The molecule has 2 aromatic carbocycles. The van der Waals surface area contributed by atoms with Gasteiger partial charge in [0, 0.05) is 5.54 Å². The number of ether oxygens (including phenoxy) is 1. The first-order valence-electron chi connectivity index (χ1n) is 9.16. The van der Waals surface area contributed by atoms with Gasteiger partial charge in [-0.25, -0.2) is 8.42 Å². The maximum atomic E-state index is 13.3. The highest BCUT2D eigenvalue weighted by Crippen LogP contribution is 2.26. The van der Waals surface area contributed by atoms with E-state index in [1.807, 2.05) is 34.6 Å². The zero-order valence-corrected chi connectivity index (χ0v) is 17.8. The van der Waals surface area contributed by atoms with Crippen LogP contribution in [0.4, 0.5) is 5.69 Å². The minimum Gasteiger partial charge on any atom is -0.494 e. The SMILES string of the molecule is CCOc1ccc(N(CC(=O)NC(C)(C)C)S(=O)(=O)c2ccc(C)cc2)cc1. The van der Waals surface area contributed by atoms with Crippen molar-refractivity contribution in [3.63, 3.8) is 0 Å². The summed E-state index contributed by atoms with van der Waals surface area (Å²) in [6.45, 7) is 9.50. The first kappa shape index (κ1) is 21.8. The van der Waals surface area contributed by atoms with E-state index in [1.165, 1.54) is 0 Å². The van der Waals surface area contributed by atoms with Gasteiger partial charge in [-0.3, -0.25) is 9.10 Å². The van der Waals surface area contributed by atoms with E-state index in [2.05, 4.69) is 5.32 Å². The van der Waals surface area contributed by atoms with Gasteiger partial charge in [0.2, 0.25) is 5.91 Å². The van der Waals surface area contributed by atoms with Crippen LogP contribution in [0.5, 0.6) is 5.75 Å². The van der Waals surface area contributed by atoms with Crippen molar-refractivity contribution in [1.82, 2.24) is 5.32 Å². The summed E-state index contributed by atoms with van der Waals surface area (Å²) in [5.41, 5.74) is 0.889. The lowest BCUT2D eigenvalue weighted by atomic mass is 10.1. The van der Waals surface area contributed by atoms with E-state index in [0.29, 0.717) is 18.0 Å². The van der Waals surface area contributed by atoms with Crippen LogP contribution in [0.25, 0.3) is 0 Å². The fourth-order valence-corrected chi connectivity index (χ4v) is 4.04. The summed E-state index contributed by atoms with van der Waals surface area (Å²) in [5, 5.41) is 2.81. The van der Waals surface area contributed by atoms with E-state index in [1.54, 1.807) is 48.5 Å². The van der Waals surface area contributed by atoms with Gasteiger partial charge in [0.15, 0.2) is 0 Å². The van der Waals surface area contributed by atoms with Crippen molar-refractivity contribution in [2.75, 3.05) is 17.5 Å². The van der Waals surface area contributed by atoms with Gasteiger partial charge in [0.25, 0.3) is 10.0 Å². The van der Waals surface area contributed by atoms with Gasteiger partial charge in [-0.2, -0.15) is 0 Å². The maximum absolute atomic E-state index is 13.3. The Kier molecular flexibility index (Phi) is 6.72. The van der Waals surface area contributed by atoms with Crippen molar-refractivity contribution in [3.05, 3.63) is 54.1 Å². The molecule has 152 valence electrons. The second-order valence-corrected chi connectivity index (χ2v) is 9.41. The number of nitrogens with zero attached hydrogens (tertiary/aromatic N) is 1. The lowest BCUT2D eigenvalue weighted by Crippen LogP contribution is -2.47. The quantitative estimate of drug-likeness (QED) is 0.766. The van der Waals surface area contributed by atoms with Gasteiger partial charge in [0.05, 0.1) is 17.2 Å². The third kappa shape index (κ3) is 5.73. The van der Waals surface area contributed by atoms with Crippen LogP contribution in [-0.2, 0) is 14.8 Å². The highest BCUT2D eigenvalue weighted by molar-refractivity contribution is 7.92. The molecular weight excluding hydrogens is 376 g/mol. The number of carbonyl (C=O) groups is 1. The molecule has 0 atom stereocenters. The van der Waals surface area contributed by atoms with Crippen molar-refractivity contribution in [1.29, 1.82) is 0 Å². The van der Waals surface area contributed by atoms with Gasteiger partial charge in [-0.05, 0) is 71.0 Å². The molecular formula is C21H28N2O4S. The number of rotatable bonds is 7. The number of nitrogens with one attached hydrogen (secondary N) is 1. The molecule has 0 aliphatic carbocycles. The first-order chi connectivity index (χ1) is 13.0. The average Bonchev–Trinajstić information content (AvgIpc) is 2.59. The number of hydrogen-bond donors (Lipinski definition) is 1. The molecule has 0 aliphatic heterocycles. The molecule has 28 heavy (non-hydrogen) atoms. The lowest BCUT2D eigenvalue weighted by Gasteiger charge is -2.27. The Morgan fingerprint density at radius 3 is 2.11 bits per heavy atom. The molecule has 6 nitrogen and oxygen atoms in total. The minimum absolute atomic E-state index is 0.135. The van der Waals surface area contributed by atoms with Crippen molar-refractivity contribution in [2.45, 2.75) is 45.1 Å². The largest absolute Gasteiger partial charge is 0.494 e. The van der Waals surface area contributed by atoms with Gasteiger partial charge < -0.3 is 10.1 Å². The zero-order valence-electron chi connectivity index (χ0n) is 17.0. The molecule has 7 heteroatoms. The van der Waals surface area contributed by atoms with Gasteiger partial charge >= 0.3 is 0 Å². The van der Waals surface area contributed by atoms with Crippen molar-refractivity contribution in [3.8, 4) is 5.75 Å². The Bertz CT molecular complexity index is 899. The fraction of sp³-hybridized carbons (Fsp3) is 0.381. The Morgan fingerprint density at radius 2 is 1.61 bits per heavy atom. The maximum Gasteiger partial charge on any atom is 0.264 e. The zero-order chi connectivity index (χ0) is 20.9. The standard InChI is InChI=1S/C21H28N2O4S/c1-6-27-18-11-9-17(10-12-18)23(15-20(24)22-21(3,4)5)28(25,26)19-13-7-16(2)8-14-19/h7-14H,6,15H2,1-5H3,(H,22,24). The molecule has 0 spiro atoms. The summed E-state index contributed by atoms with van der Waals surface area (Å²) in [6.07, 6.45) is 0. The van der Waals surface area contributed by atoms with Crippen LogP contribution in [0.3, 0.4) is 0 Å². The van der Waals surface area contributed by atoms with Crippen LogP contribution in [0, 0.1) is 6.92 Å². The summed E-state index contributed by atoms with van der Waals surface area (Å²) in [6, 6.07) is 13.2. The lowest BCUT2D eigenvalue weighted by molar-refractivity contribution is -0.121. The summed E-state index contributed by atoms with van der Waals surface area (Å²) >= 11 is 0. The van der Waals surface area contributed by atoms with E-state index < -0.39 is 15.6 Å². The van der Waals surface area contributed by atoms with E-state index in [0.717, 1.165) is 9.87 Å². The molecule has 1 amide bonds. The molecule has 0 unspecified atom stereocenters. The number of amides is 1. The molecule has 0 bridgehead atoms. The summed E-state index contributed by atoms with van der Waals surface area (Å²) in [7, 11) is -3.91. The molecule has 0 aromatic heterocycles. The predicted molar refractivity (Wildman–Crippen MR) is 111 cm³/mol. The normalized spacial score (nSPS) is 11.8. The molecule has 0 aliphatic rings. The van der Waals surface area contributed by atoms with Crippen molar-refractivity contribution >= 4 is 21.6 Å². The minimum atomic E-state index is -3.91. The summed E-state index contributed by atoms with van der Waals surface area (Å²) in [4.78, 5) is 12.6. The van der Waals surface area contributed by atoms with Crippen LogP contribution in [-0.4, -0.2) is 33.0 Å². The van der Waals surface area contributed by atoms with Gasteiger partial charge in [-0.1, -0.05) is 17.7 Å². The van der Waals surface area contributed by atoms with Crippen LogP contribution < -0.4 is 14.4 Å². The number of carbonyl (C=O) groups excluding carboxylic acids is 1. The second kappa shape index (κ2) is 8.65. The third-order valence-electron chi connectivity index (χ3n) is 3.85. The molecule has 0 saturated heterocycles. The molecule has 0 heterocycles. The third-order valence-corrected chi connectivity index (χ3v) is 5.63. The van der Waals surface area contributed by atoms with Crippen LogP contribution in [0.2, 0.25) is 0 Å². The number of hydrogen-bond acceptors (Lipinski definition) is 4. The Labute approximate surface area is 167 Å². The average molecular weight is 405 g/mol. The number of benzene rings is 2. The monoisotopic (exact) mass is 404 g/mol. The highest BCUT2D eigenvalue weighted by atomic mass is 32.2. The molecule has 2 aromatic rings. The predicted octanol–water partition coefficient (Wildman–Crippen LogP) is 3.50. The van der Waals surface area contributed by atoms with Gasteiger partial charge in [-0.15, -0.1) is 0 Å². The van der Waals surface area contributed by atoms with Crippen molar-refractivity contribution < 1.29 is 17.9 Å². The van der Waals surface area contributed by atoms with E-state index >= 15 is 0 Å². The van der Waals surface area contributed by atoms with Crippen molar-refractivity contribution in [2.24, 2.45) is 0 Å². The molecule has 2 rings (SSSR count). The van der Waals surface area contributed by atoms with Gasteiger partial charge in [0.1, 0.15) is 12.3 Å². The van der Waals surface area contributed by atoms with Crippen LogP contribution >= 0.6 is 0 Å². The number of aryl methyl sites for hydroxylation is 1. The molecule has 0 radical (unpaired) electrons. The molecule has 0 fully saturated rings. The summed E-state index contributed by atoms with van der Waals surface area (Å²) < 4.78 is 33.1. The topological polar surface area (TPSA) is 75.7 Å². The van der Waals surface area contributed by atoms with E-state index in [4.69, 9.17) is 4.74 Å². The Balaban J connectivity index is 2.42. The smallest absolute Gasteiger partial charge is 0.264 e. The van der Waals surface area contributed by atoms with E-state index in [9.17, 15) is 13.2 Å². The molecule has 1 N–H and O–H groups in total. The molecule has 0 saturated carbocycles. The highest BCUT2D eigenvalue weighted by Gasteiger charge is 2.28. The summed E-state index contributed by atoms with van der Waals surface area (Å²) in [5.74, 6) is 0.259. The van der Waals surface area contributed by atoms with Crippen LogP contribution in [0.15, 0.2) is 53.4 Å². The number of sulfonamides is 1. The Hall–Kier alpha value is -2.54.